The summed E-state index contributed by atoms with van der Waals surface area (Å²) in [7, 11) is 2.12. The van der Waals surface area contributed by atoms with Crippen molar-refractivity contribution in [3.63, 3.8) is 0 Å². The quantitative estimate of drug-likeness (QED) is 0.873. The van der Waals surface area contributed by atoms with Crippen molar-refractivity contribution >= 4 is 32.5 Å². The molecule has 1 aliphatic heterocycles. The number of likely N-dealkylation sites (N-methyl/N-ethyl adjacent to an activating group) is 1. The second-order valence-electron chi connectivity index (χ2n) is 4.98. The minimum Gasteiger partial charge on any atom is -0.356 e. The fraction of sp³-hybridized carbons (Fsp3) is 0.357. The molecule has 0 bridgehead atoms. The van der Waals surface area contributed by atoms with Crippen molar-refractivity contribution < 1.29 is 0 Å². The highest BCUT2D eigenvalue weighted by Gasteiger charge is 2.16. The Morgan fingerprint density at radius 3 is 2.63 bits per heavy atom. The molecule has 0 amide bonds. The van der Waals surface area contributed by atoms with Gasteiger partial charge in [-0.05, 0) is 25.2 Å². The van der Waals surface area contributed by atoms with Gasteiger partial charge in [0.15, 0.2) is 0 Å². The fourth-order valence-corrected chi connectivity index (χ4v) is 2.94. The zero-order chi connectivity index (χ0) is 13.4. The first-order chi connectivity index (χ1) is 9.15. The van der Waals surface area contributed by atoms with E-state index < -0.39 is 0 Å². The molecule has 100 valence electrons. The first kappa shape index (κ1) is 12.7. The lowest BCUT2D eigenvalue weighted by Crippen LogP contribution is -2.45. The summed E-state index contributed by atoms with van der Waals surface area (Å²) in [4.78, 5) is 19.7. The summed E-state index contributed by atoms with van der Waals surface area (Å²) in [6.45, 7) is 3.94. The maximum atomic E-state index is 12.1. The van der Waals surface area contributed by atoms with Crippen molar-refractivity contribution in [3.05, 3.63) is 39.1 Å². The molecule has 0 spiro atoms. The Morgan fingerprint density at radius 1 is 1.16 bits per heavy atom. The van der Waals surface area contributed by atoms with Gasteiger partial charge in [0, 0.05) is 41.4 Å². The molecule has 4 nitrogen and oxygen atoms in total. The number of hydrogen-bond donors (Lipinski definition) is 1. The molecule has 0 saturated carbocycles. The third-order valence-corrected chi connectivity index (χ3v) is 4.36. The van der Waals surface area contributed by atoms with Gasteiger partial charge in [0.2, 0.25) is 0 Å². The van der Waals surface area contributed by atoms with Crippen molar-refractivity contribution in [1.82, 2.24) is 9.88 Å². The predicted molar refractivity (Wildman–Crippen MR) is 82.0 cm³/mol. The highest BCUT2D eigenvalue weighted by atomic mass is 79.9. The Kier molecular flexibility index (Phi) is 3.33. The topological polar surface area (TPSA) is 39.3 Å². The maximum absolute atomic E-state index is 12.1. The van der Waals surface area contributed by atoms with Gasteiger partial charge in [-0.2, -0.15) is 0 Å². The summed E-state index contributed by atoms with van der Waals surface area (Å²) in [5.74, 6) is 0.914. The molecular formula is C14H16BrN3O. The van der Waals surface area contributed by atoms with E-state index in [1.54, 1.807) is 0 Å². The van der Waals surface area contributed by atoms with Gasteiger partial charge in [0.05, 0.1) is 0 Å². The summed E-state index contributed by atoms with van der Waals surface area (Å²) in [6, 6.07) is 7.77. The number of halogens is 1. The van der Waals surface area contributed by atoms with Crippen LogP contribution in [0.3, 0.4) is 0 Å². The van der Waals surface area contributed by atoms with E-state index in [0.717, 1.165) is 47.2 Å². The number of rotatable bonds is 1. The van der Waals surface area contributed by atoms with Crippen LogP contribution in [-0.4, -0.2) is 43.1 Å². The van der Waals surface area contributed by atoms with E-state index in [4.69, 9.17) is 0 Å². The van der Waals surface area contributed by atoms with Gasteiger partial charge >= 0.3 is 0 Å². The monoisotopic (exact) mass is 321 g/mol. The zero-order valence-electron chi connectivity index (χ0n) is 10.8. The molecule has 0 aliphatic carbocycles. The Bertz CT molecular complexity index is 659. The highest BCUT2D eigenvalue weighted by molar-refractivity contribution is 9.10. The number of fused-ring (bicyclic) bond motifs is 1. The van der Waals surface area contributed by atoms with Crippen molar-refractivity contribution in [2.24, 2.45) is 0 Å². The average Bonchev–Trinajstić information content (AvgIpc) is 2.41. The third kappa shape index (κ3) is 2.40. The van der Waals surface area contributed by atoms with Crippen molar-refractivity contribution in [1.29, 1.82) is 0 Å². The number of benzene rings is 1. The minimum atomic E-state index is -0.0206. The Balaban J connectivity index is 2.06. The summed E-state index contributed by atoms with van der Waals surface area (Å²) in [5.41, 5.74) is -0.0206. The van der Waals surface area contributed by atoms with Crippen LogP contribution in [0, 0.1) is 0 Å². The minimum absolute atomic E-state index is 0.0206. The zero-order valence-corrected chi connectivity index (χ0v) is 12.4. The van der Waals surface area contributed by atoms with Gasteiger partial charge in [-0.3, -0.25) is 4.79 Å². The number of nitrogens with zero attached hydrogens (tertiary/aromatic N) is 2. The maximum Gasteiger partial charge on any atom is 0.257 e. The predicted octanol–water partition coefficient (Wildman–Crippen LogP) is 2.04. The second kappa shape index (κ2) is 4.98. The molecule has 1 aromatic carbocycles. The van der Waals surface area contributed by atoms with E-state index in [-0.39, 0.29) is 5.56 Å². The van der Waals surface area contributed by atoms with Gasteiger partial charge in [-0.15, -0.1) is 0 Å². The lowest BCUT2D eigenvalue weighted by molar-refractivity contribution is 0.312. The van der Waals surface area contributed by atoms with E-state index >= 15 is 0 Å². The molecule has 1 fully saturated rings. The number of aromatic nitrogens is 1. The summed E-state index contributed by atoms with van der Waals surface area (Å²) in [5, 5.41) is 1.70. The van der Waals surface area contributed by atoms with Crippen molar-refractivity contribution in [2.75, 3.05) is 38.1 Å². The molecule has 2 heterocycles. The number of piperazine rings is 1. The van der Waals surface area contributed by atoms with Crippen LogP contribution in [0.4, 0.5) is 5.82 Å². The Hall–Kier alpha value is -1.33. The van der Waals surface area contributed by atoms with E-state index in [1.807, 2.05) is 18.2 Å². The number of pyridine rings is 1. The Morgan fingerprint density at radius 2 is 1.89 bits per heavy atom. The SMILES string of the molecule is CN1CCN(c2cc3c(Br)cccc3c(=O)[nH]2)CC1. The number of H-pyrrole nitrogens is 1. The van der Waals surface area contributed by atoms with Crippen LogP contribution in [0.2, 0.25) is 0 Å². The normalized spacial score (nSPS) is 17.1. The molecule has 0 atom stereocenters. The van der Waals surface area contributed by atoms with Crippen LogP contribution < -0.4 is 10.5 Å². The number of anilines is 1. The van der Waals surface area contributed by atoms with Gasteiger partial charge in [0.1, 0.15) is 5.82 Å². The largest absolute Gasteiger partial charge is 0.356 e. The van der Waals surface area contributed by atoms with E-state index in [9.17, 15) is 4.79 Å². The molecule has 0 unspecified atom stereocenters. The average molecular weight is 322 g/mol. The smallest absolute Gasteiger partial charge is 0.257 e. The summed E-state index contributed by atoms with van der Waals surface area (Å²) >= 11 is 3.52. The highest BCUT2D eigenvalue weighted by Crippen LogP contribution is 2.24. The number of aromatic amines is 1. The Labute approximate surface area is 120 Å². The molecule has 1 saturated heterocycles. The third-order valence-electron chi connectivity index (χ3n) is 3.66. The van der Waals surface area contributed by atoms with Crippen LogP contribution >= 0.6 is 15.9 Å². The van der Waals surface area contributed by atoms with Crippen LogP contribution in [0.15, 0.2) is 33.5 Å². The van der Waals surface area contributed by atoms with Gasteiger partial charge in [0.25, 0.3) is 5.56 Å². The van der Waals surface area contributed by atoms with Crippen LogP contribution in [0.1, 0.15) is 0 Å². The molecule has 5 heteroatoms. The second-order valence-corrected chi connectivity index (χ2v) is 5.83. The standard InChI is InChI=1S/C14H16BrN3O/c1-17-5-7-18(8-6-17)13-9-11-10(14(19)16-13)3-2-4-12(11)15/h2-4,9H,5-8H2,1H3,(H,16,19). The van der Waals surface area contributed by atoms with E-state index in [0.29, 0.717) is 0 Å². The lowest BCUT2D eigenvalue weighted by Gasteiger charge is -2.33. The summed E-state index contributed by atoms with van der Waals surface area (Å²) in [6.07, 6.45) is 0. The van der Waals surface area contributed by atoms with Gasteiger partial charge in [-0.1, -0.05) is 22.0 Å². The molecule has 1 aliphatic rings. The molecule has 0 radical (unpaired) electrons. The van der Waals surface area contributed by atoms with Gasteiger partial charge in [-0.25, -0.2) is 0 Å². The molecule has 3 rings (SSSR count). The first-order valence-electron chi connectivity index (χ1n) is 6.40. The van der Waals surface area contributed by atoms with Crippen molar-refractivity contribution in [2.45, 2.75) is 0 Å². The van der Waals surface area contributed by atoms with E-state index in [1.165, 1.54) is 0 Å². The molecule has 19 heavy (non-hydrogen) atoms. The molecular weight excluding hydrogens is 306 g/mol. The molecule has 2 aromatic rings. The van der Waals surface area contributed by atoms with Crippen LogP contribution in [0.5, 0.6) is 0 Å². The van der Waals surface area contributed by atoms with E-state index in [2.05, 4.69) is 43.8 Å². The van der Waals surface area contributed by atoms with Crippen molar-refractivity contribution in [3.8, 4) is 0 Å². The number of nitrogens with one attached hydrogen (secondary N) is 1. The van der Waals surface area contributed by atoms with Crippen LogP contribution in [0.25, 0.3) is 10.8 Å². The van der Waals surface area contributed by atoms with Gasteiger partial charge < -0.3 is 14.8 Å². The fourth-order valence-electron chi connectivity index (χ4n) is 2.46. The van der Waals surface area contributed by atoms with Crippen LogP contribution in [-0.2, 0) is 0 Å². The number of hydrogen-bond acceptors (Lipinski definition) is 3. The first-order valence-corrected chi connectivity index (χ1v) is 7.19. The summed E-state index contributed by atoms with van der Waals surface area (Å²) < 4.78 is 0.964. The lowest BCUT2D eigenvalue weighted by atomic mass is 10.1. The molecule has 1 N–H and O–H groups in total. The molecule has 1 aromatic heterocycles.